The quantitative estimate of drug-likeness (QED) is 0.769. The van der Waals surface area contributed by atoms with Gasteiger partial charge in [0.1, 0.15) is 0 Å². The predicted molar refractivity (Wildman–Crippen MR) is 65.7 cm³/mol. The van der Waals surface area contributed by atoms with Crippen LogP contribution in [-0.4, -0.2) is 22.4 Å². The summed E-state index contributed by atoms with van der Waals surface area (Å²) in [5, 5.41) is 0.513. The van der Waals surface area contributed by atoms with E-state index in [9.17, 15) is 4.79 Å². The largest absolute Gasteiger partial charge is 0.368 e. The van der Waals surface area contributed by atoms with Gasteiger partial charge < -0.3 is 11.5 Å². The Hall–Kier alpha value is -0.220. The summed E-state index contributed by atoms with van der Waals surface area (Å²) in [6.45, 7) is 4.42. The van der Waals surface area contributed by atoms with Crippen molar-refractivity contribution in [3.05, 3.63) is 0 Å². The number of primary amides is 1. The Morgan fingerprint density at radius 1 is 1.60 bits per heavy atom. The normalized spacial score (nSPS) is 31.9. The summed E-state index contributed by atoms with van der Waals surface area (Å²) in [6, 6.07) is 0. The average Bonchev–Trinajstić information content (AvgIpc) is 2.15. The molecule has 0 radical (unpaired) electrons. The van der Waals surface area contributed by atoms with Crippen LogP contribution >= 0.6 is 11.8 Å². The molecule has 0 bridgehead atoms. The maximum absolute atomic E-state index is 11.2. The van der Waals surface area contributed by atoms with Gasteiger partial charge in [0.2, 0.25) is 5.91 Å². The van der Waals surface area contributed by atoms with Gasteiger partial charge in [-0.1, -0.05) is 13.8 Å². The van der Waals surface area contributed by atoms with E-state index in [2.05, 4.69) is 13.8 Å². The molecule has 1 saturated carbocycles. The SMILES string of the molecule is CC(C)CSC1CCCC(N)(C(N)=O)C1. The van der Waals surface area contributed by atoms with Gasteiger partial charge in [0.05, 0.1) is 5.54 Å². The lowest BCUT2D eigenvalue weighted by molar-refractivity contribution is -0.124. The highest BCUT2D eigenvalue weighted by Crippen LogP contribution is 2.34. The minimum absolute atomic E-state index is 0.336. The van der Waals surface area contributed by atoms with Crippen molar-refractivity contribution in [2.75, 3.05) is 5.75 Å². The Kier molecular flexibility index (Phi) is 4.46. The molecule has 0 heterocycles. The second-order valence-electron chi connectivity index (χ2n) is 4.97. The molecule has 3 nitrogen and oxygen atoms in total. The number of carbonyl (C=O) groups excluding carboxylic acids is 1. The number of hydrogen-bond acceptors (Lipinski definition) is 3. The van der Waals surface area contributed by atoms with Gasteiger partial charge in [0.25, 0.3) is 0 Å². The summed E-state index contributed by atoms with van der Waals surface area (Å²) in [4.78, 5) is 11.2. The Morgan fingerprint density at radius 3 is 2.80 bits per heavy atom. The first-order valence-electron chi connectivity index (χ1n) is 5.64. The zero-order valence-electron chi connectivity index (χ0n) is 9.66. The van der Waals surface area contributed by atoms with Crippen LogP contribution in [0.5, 0.6) is 0 Å². The molecule has 0 aromatic heterocycles. The number of rotatable bonds is 4. The number of carbonyl (C=O) groups is 1. The van der Waals surface area contributed by atoms with Gasteiger partial charge in [-0.3, -0.25) is 4.79 Å². The van der Waals surface area contributed by atoms with Crippen molar-refractivity contribution in [2.45, 2.75) is 50.3 Å². The van der Waals surface area contributed by atoms with E-state index < -0.39 is 5.54 Å². The Bertz CT molecular complexity index is 233. The lowest BCUT2D eigenvalue weighted by Crippen LogP contribution is -2.55. The number of thioether (sulfide) groups is 1. The van der Waals surface area contributed by atoms with Crippen LogP contribution in [0, 0.1) is 5.92 Å². The molecule has 4 heteroatoms. The van der Waals surface area contributed by atoms with Gasteiger partial charge >= 0.3 is 0 Å². The molecule has 1 rings (SSSR count). The topological polar surface area (TPSA) is 69.1 Å². The molecule has 88 valence electrons. The van der Waals surface area contributed by atoms with Crippen LogP contribution in [-0.2, 0) is 4.79 Å². The monoisotopic (exact) mass is 230 g/mol. The van der Waals surface area contributed by atoms with Crippen molar-refractivity contribution in [1.29, 1.82) is 0 Å². The Labute approximate surface area is 96.3 Å². The average molecular weight is 230 g/mol. The van der Waals surface area contributed by atoms with Crippen molar-refractivity contribution in [1.82, 2.24) is 0 Å². The van der Waals surface area contributed by atoms with E-state index in [1.165, 1.54) is 6.42 Å². The van der Waals surface area contributed by atoms with E-state index in [0.717, 1.165) is 25.0 Å². The van der Waals surface area contributed by atoms with Crippen LogP contribution in [0.4, 0.5) is 0 Å². The van der Waals surface area contributed by atoms with Gasteiger partial charge in [-0.05, 0) is 37.4 Å². The zero-order valence-corrected chi connectivity index (χ0v) is 10.5. The molecule has 1 aliphatic carbocycles. The third kappa shape index (κ3) is 3.68. The van der Waals surface area contributed by atoms with Crippen LogP contribution in [0.3, 0.4) is 0 Å². The molecular weight excluding hydrogens is 208 g/mol. The molecule has 2 atom stereocenters. The van der Waals surface area contributed by atoms with Crippen molar-refractivity contribution < 1.29 is 4.79 Å². The van der Waals surface area contributed by atoms with Gasteiger partial charge in [-0.2, -0.15) is 11.8 Å². The van der Waals surface area contributed by atoms with Crippen molar-refractivity contribution in [2.24, 2.45) is 17.4 Å². The van der Waals surface area contributed by atoms with E-state index in [4.69, 9.17) is 11.5 Å². The van der Waals surface area contributed by atoms with Gasteiger partial charge in [0, 0.05) is 5.25 Å². The fourth-order valence-corrected chi connectivity index (χ4v) is 3.36. The third-order valence-corrected chi connectivity index (χ3v) is 4.63. The van der Waals surface area contributed by atoms with Crippen LogP contribution in [0.15, 0.2) is 0 Å². The first kappa shape index (κ1) is 12.8. The van der Waals surface area contributed by atoms with E-state index in [0.29, 0.717) is 11.2 Å². The van der Waals surface area contributed by atoms with E-state index in [1.807, 2.05) is 11.8 Å². The lowest BCUT2D eigenvalue weighted by Gasteiger charge is -2.35. The summed E-state index contributed by atoms with van der Waals surface area (Å²) < 4.78 is 0. The fraction of sp³-hybridized carbons (Fsp3) is 0.909. The molecule has 0 aromatic rings. The molecule has 0 aromatic carbocycles. The highest BCUT2D eigenvalue weighted by atomic mass is 32.2. The molecule has 1 fully saturated rings. The van der Waals surface area contributed by atoms with Gasteiger partial charge in [-0.25, -0.2) is 0 Å². The summed E-state index contributed by atoms with van der Waals surface area (Å²) in [7, 11) is 0. The Balaban J connectivity index is 2.45. The molecule has 0 spiro atoms. The van der Waals surface area contributed by atoms with Crippen LogP contribution in [0.2, 0.25) is 0 Å². The molecule has 1 amide bonds. The first-order chi connectivity index (χ1) is 6.94. The van der Waals surface area contributed by atoms with E-state index >= 15 is 0 Å². The van der Waals surface area contributed by atoms with Crippen molar-refractivity contribution in [3.8, 4) is 0 Å². The maximum Gasteiger partial charge on any atom is 0.237 e. The minimum Gasteiger partial charge on any atom is -0.368 e. The molecule has 4 N–H and O–H groups in total. The van der Waals surface area contributed by atoms with Gasteiger partial charge in [-0.15, -0.1) is 0 Å². The first-order valence-corrected chi connectivity index (χ1v) is 6.69. The predicted octanol–water partition coefficient (Wildman–Crippen LogP) is 1.50. The van der Waals surface area contributed by atoms with E-state index in [1.54, 1.807) is 0 Å². The molecule has 15 heavy (non-hydrogen) atoms. The summed E-state index contributed by atoms with van der Waals surface area (Å²) >= 11 is 1.94. The zero-order chi connectivity index (χ0) is 11.5. The Morgan fingerprint density at radius 2 is 2.27 bits per heavy atom. The molecule has 1 aliphatic rings. The molecule has 0 saturated heterocycles. The van der Waals surface area contributed by atoms with Gasteiger partial charge in [0.15, 0.2) is 0 Å². The maximum atomic E-state index is 11.2. The smallest absolute Gasteiger partial charge is 0.237 e. The highest BCUT2D eigenvalue weighted by Gasteiger charge is 2.37. The lowest BCUT2D eigenvalue weighted by atomic mass is 9.82. The summed E-state index contributed by atoms with van der Waals surface area (Å²) in [5.41, 5.74) is 10.6. The second-order valence-corrected chi connectivity index (χ2v) is 6.30. The van der Waals surface area contributed by atoms with E-state index in [-0.39, 0.29) is 5.91 Å². The second kappa shape index (κ2) is 5.21. The third-order valence-electron chi connectivity index (χ3n) is 2.90. The van der Waals surface area contributed by atoms with Crippen molar-refractivity contribution >= 4 is 17.7 Å². The van der Waals surface area contributed by atoms with Crippen LogP contribution < -0.4 is 11.5 Å². The fourth-order valence-electron chi connectivity index (χ4n) is 1.95. The summed E-state index contributed by atoms with van der Waals surface area (Å²) in [6.07, 6.45) is 3.69. The standard InChI is InChI=1S/C11H22N2OS/c1-8(2)7-15-9-4-3-5-11(13,6-9)10(12)14/h8-9H,3-7,13H2,1-2H3,(H2,12,14). The highest BCUT2D eigenvalue weighted by molar-refractivity contribution is 7.99. The number of nitrogens with two attached hydrogens (primary N) is 2. The molecule has 2 unspecified atom stereocenters. The minimum atomic E-state index is -0.743. The van der Waals surface area contributed by atoms with Crippen LogP contribution in [0.1, 0.15) is 39.5 Å². The number of hydrogen-bond donors (Lipinski definition) is 2. The molecule has 0 aliphatic heterocycles. The molecular formula is C11H22N2OS. The van der Waals surface area contributed by atoms with Crippen molar-refractivity contribution in [3.63, 3.8) is 0 Å². The summed E-state index contributed by atoms with van der Waals surface area (Å²) in [5.74, 6) is 1.49. The number of amides is 1. The van der Waals surface area contributed by atoms with Crippen LogP contribution in [0.25, 0.3) is 0 Å².